The van der Waals surface area contributed by atoms with Gasteiger partial charge in [-0.3, -0.25) is 9.59 Å². The van der Waals surface area contributed by atoms with E-state index in [2.05, 4.69) is 19.2 Å². The second kappa shape index (κ2) is 6.42. The molecule has 1 amide bonds. The van der Waals surface area contributed by atoms with Gasteiger partial charge in [-0.1, -0.05) is 43.7 Å². The molecule has 0 saturated heterocycles. The van der Waals surface area contributed by atoms with Gasteiger partial charge in [0.25, 0.3) is 0 Å². The van der Waals surface area contributed by atoms with Gasteiger partial charge < -0.3 is 5.32 Å². The van der Waals surface area contributed by atoms with E-state index in [9.17, 15) is 9.59 Å². The van der Waals surface area contributed by atoms with Gasteiger partial charge in [0.15, 0.2) is 5.78 Å². The SMILES string of the molecule is Cc1ccc(C(=O)CCC(=O)NC2CCC(C)(C)C2)cc1. The Hall–Kier alpha value is -1.64. The number of carbonyl (C=O) groups excluding carboxylic acids is 2. The summed E-state index contributed by atoms with van der Waals surface area (Å²) in [7, 11) is 0. The molecule has 0 heterocycles. The second-order valence-electron chi connectivity index (χ2n) is 6.96. The first-order valence-corrected chi connectivity index (χ1v) is 7.75. The smallest absolute Gasteiger partial charge is 0.220 e. The maximum absolute atomic E-state index is 12.0. The fourth-order valence-corrected chi connectivity index (χ4v) is 2.97. The van der Waals surface area contributed by atoms with Crippen LogP contribution in [0.15, 0.2) is 24.3 Å². The van der Waals surface area contributed by atoms with Gasteiger partial charge in [-0.05, 0) is 31.6 Å². The molecule has 2 rings (SSSR count). The summed E-state index contributed by atoms with van der Waals surface area (Å²) in [6, 6.07) is 7.79. The largest absolute Gasteiger partial charge is 0.353 e. The Kier molecular flexibility index (Phi) is 4.81. The highest BCUT2D eigenvalue weighted by Crippen LogP contribution is 2.36. The van der Waals surface area contributed by atoms with E-state index in [1.54, 1.807) is 0 Å². The van der Waals surface area contributed by atoms with Crippen molar-refractivity contribution in [1.82, 2.24) is 5.32 Å². The maximum atomic E-state index is 12.0. The van der Waals surface area contributed by atoms with Gasteiger partial charge in [-0.2, -0.15) is 0 Å². The zero-order valence-corrected chi connectivity index (χ0v) is 13.2. The normalized spacial score (nSPS) is 20.2. The third kappa shape index (κ3) is 4.69. The molecular weight excluding hydrogens is 262 g/mol. The van der Waals surface area contributed by atoms with Gasteiger partial charge in [-0.15, -0.1) is 0 Å². The van der Waals surface area contributed by atoms with E-state index in [1.165, 1.54) is 0 Å². The zero-order chi connectivity index (χ0) is 15.5. The van der Waals surface area contributed by atoms with Crippen molar-refractivity contribution < 1.29 is 9.59 Å². The predicted molar refractivity (Wildman–Crippen MR) is 84.3 cm³/mol. The van der Waals surface area contributed by atoms with Gasteiger partial charge in [0.05, 0.1) is 0 Å². The molecule has 21 heavy (non-hydrogen) atoms. The molecule has 3 heteroatoms. The summed E-state index contributed by atoms with van der Waals surface area (Å²) in [5.74, 6) is 0.0371. The first kappa shape index (κ1) is 15.7. The monoisotopic (exact) mass is 287 g/mol. The molecule has 1 aliphatic rings. The molecule has 1 aromatic rings. The van der Waals surface area contributed by atoms with Crippen LogP contribution in [0.4, 0.5) is 0 Å². The van der Waals surface area contributed by atoms with Crippen LogP contribution < -0.4 is 5.32 Å². The molecule has 0 aromatic heterocycles. The van der Waals surface area contributed by atoms with Crippen LogP contribution in [0.2, 0.25) is 0 Å². The molecule has 1 aromatic carbocycles. The zero-order valence-electron chi connectivity index (χ0n) is 13.2. The molecule has 1 saturated carbocycles. The quantitative estimate of drug-likeness (QED) is 0.840. The van der Waals surface area contributed by atoms with Crippen molar-refractivity contribution in [2.24, 2.45) is 5.41 Å². The Morgan fingerprint density at radius 1 is 1.19 bits per heavy atom. The van der Waals surface area contributed by atoms with Crippen molar-refractivity contribution in [3.63, 3.8) is 0 Å². The van der Waals surface area contributed by atoms with Crippen molar-refractivity contribution in [1.29, 1.82) is 0 Å². The van der Waals surface area contributed by atoms with Crippen molar-refractivity contribution in [3.05, 3.63) is 35.4 Å². The Morgan fingerprint density at radius 3 is 2.43 bits per heavy atom. The van der Waals surface area contributed by atoms with E-state index in [0.29, 0.717) is 11.0 Å². The highest BCUT2D eigenvalue weighted by atomic mass is 16.2. The van der Waals surface area contributed by atoms with Gasteiger partial charge in [-0.25, -0.2) is 0 Å². The minimum atomic E-state index is -0.00170. The van der Waals surface area contributed by atoms with E-state index in [-0.39, 0.29) is 30.6 Å². The second-order valence-corrected chi connectivity index (χ2v) is 6.96. The minimum Gasteiger partial charge on any atom is -0.353 e. The summed E-state index contributed by atoms with van der Waals surface area (Å²) in [5.41, 5.74) is 2.15. The summed E-state index contributed by atoms with van der Waals surface area (Å²) in [4.78, 5) is 24.0. The number of nitrogens with one attached hydrogen (secondary N) is 1. The lowest BCUT2D eigenvalue weighted by Crippen LogP contribution is -2.33. The summed E-state index contributed by atoms with van der Waals surface area (Å²) >= 11 is 0. The molecule has 3 nitrogen and oxygen atoms in total. The molecule has 0 bridgehead atoms. The van der Waals surface area contributed by atoms with Crippen LogP contribution in [0.25, 0.3) is 0 Å². The number of amides is 1. The van der Waals surface area contributed by atoms with E-state index in [4.69, 9.17) is 0 Å². The molecule has 1 fully saturated rings. The molecule has 1 unspecified atom stereocenters. The molecule has 1 aliphatic carbocycles. The maximum Gasteiger partial charge on any atom is 0.220 e. The Labute approximate surface area is 127 Å². The first-order chi connectivity index (χ1) is 9.85. The molecule has 114 valence electrons. The van der Waals surface area contributed by atoms with Gasteiger partial charge in [0.2, 0.25) is 5.91 Å². The molecule has 1 atom stereocenters. The molecule has 0 spiro atoms. The number of carbonyl (C=O) groups is 2. The average molecular weight is 287 g/mol. The standard InChI is InChI=1S/C18H25NO2/c1-13-4-6-14(7-5-13)16(20)8-9-17(21)19-15-10-11-18(2,3)12-15/h4-7,15H,8-12H2,1-3H3,(H,19,21). The van der Waals surface area contributed by atoms with Crippen LogP contribution in [0.5, 0.6) is 0 Å². The van der Waals surface area contributed by atoms with Crippen molar-refractivity contribution >= 4 is 11.7 Å². The number of rotatable bonds is 5. The topological polar surface area (TPSA) is 46.2 Å². The molecule has 1 N–H and O–H groups in total. The molecule has 0 radical (unpaired) electrons. The Bertz CT molecular complexity index is 517. The Balaban J connectivity index is 1.76. The van der Waals surface area contributed by atoms with Gasteiger partial charge in [0.1, 0.15) is 0 Å². The van der Waals surface area contributed by atoms with E-state index in [0.717, 1.165) is 24.8 Å². The molecule has 0 aliphatic heterocycles. The van der Waals surface area contributed by atoms with Crippen LogP contribution in [0.1, 0.15) is 61.9 Å². The fraction of sp³-hybridized carbons (Fsp3) is 0.556. The van der Waals surface area contributed by atoms with Crippen LogP contribution in [0.3, 0.4) is 0 Å². The first-order valence-electron chi connectivity index (χ1n) is 7.75. The van der Waals surface area contributed by atoms with Crippen LogP contribution in [-0.4, -0.2) is 17.7 Å². The summed E-state index contributed by atoms with van der Waals surface area (Å²) in [5, 5.41) is 3.06. The van der Waals surface area contributed by atoms with E-state index < -0.39 is 0 Å². The highest BCUT2D eigenvalue weighted by Gasteiger charge is 2.31. The lowest BCUT2D eigenvalue weighted by Gasteiger charge is -2.17. The van der Waals surface area contributed by atoms with Crippen molar-refractivity contribution in [3.8, 4) is 0 Å². The molecular formula is C18H25NO2. The number of Topliss-reactive ketones (excluding diaryl/α,β-unsaturated/α-hetero) is 1. The van der Waals surface area contributed by atoms with Crippen molar-refractivity contribution in [2.75, 3.05) is 0 Å². The summed E-state index contributed by atoms with van der Waals surface area (Å²) in [6.45, 7) is 6.46. The number of aryl methyl sites for hydroxylation is 1. The number of hydrogen-bond donors (Lipinski definition) is 1. The summed E-state index contributed by atoms with van der Waals surface area (Å²) < 4.78 is 0. The summed E-state index contributed by atoms with van der Waals surface area (Å²) in [6.07, 6.45) is 3.80. The number of ketones is 1. The predicted octanol–water partition coefficient (Wildman–Crippen LogP) is 3.65. The minimum absolute atomic E-state index is 0.00170. The van der Waals surface area contributed by atoms with Crippen LogP contribution >= 0.6 is 0 Å². The lowest BCUT2D eigenvalue weighted by atomic mass is 9.92. The fourth-order valence-electron chi connectivity index (χ4n) is 2.97. The number of benzene rings is 1. The van der Waals surface area contributed by atoms with E-state index >= 15 is 0 Å². The average Bonchev–Trinajstić information content (AvgIpc) is 2.76. The number of hydrogen-bond acceptors (Lipinski definition) is 2. The Morgan fingerprint density at radius 2 is 1.86 bits per heavy atom. The third-order valence-electron chi connectivity index (χ3n) is 4.29. The van der Waals surface area contributed by atoms with Gasteiger partial charge in [0, 0.05) is 24.4 Å². The lowest BCUT2D eigenvalue weighted by molar-refractivity contribution is -0.121. The van der Waals surface area contributed by atoms with Crippen molar-refractivity contribution in [2.45, 2.75) is 58.9 Å². The van der Waals surface area contributed by atoms with Gasteiger partial charge >= 0.3 is 0 Å². The van der Waals surface area contributed by atoms with E-state index in [1.807, 2.05) is 31.2 Å². The van der Waals surface area contributed by atoms with Crippen LogP contribution in [-0.2, 0) is 4.79 Å². The third-order valence-corrected chi connectivity index (χ3v) is 4.29. The highest BCUT2D eigenvalue weighted by molar-refractivity contribution is 5.97. The van der Waals surface area contributed by atoms with Crippen LogP contribution in [0, 0.1) is 12.3 Å².